The van der Waals surface area contributed by atoms with Crippen molar-refractivity contribution in [3.8, 4) is 5.75 Å². The topological polar surface area (TPSA) is 24.8 Å². The molecule has 3 nitrogen and oxygen atoms in total. The van der Waals surface area contributed by atoms with Gasteiger partial charge in [-0.15, -0.1) is 11.3 Å². The van der Waals surface area contributed by atoms with Crippen LogP contribution in [0.4, 0.5) is 0 Å². The second kappa shape index (κ2) is 5.43. The van der Waals surface area contributed by atoms with Crippen LogP contribution in [0, 0.1) is 5.92 Å². The Balaban J connectivity index is 1.72. The van der Waals surface area contributed by atoms with E-state index in [0.29, 0.717) is 12.0 Å². The van der Waals surface area contributed by atoms with Crippen LogP contribution in [0.25, 0.3) is 0 Å². The fraction of sp³-hybridized carbons (Fsp3) is 0.389. The second-order valence-electron chi connectivity index (χ2n) is 6.36. The van der Waals surface area contributed by atoms with Crippen LogP contribution < -0.4 is 4.74 Å². The van der Waals surface area contributed by atoms with Crippen molar-refractivity contribution in [2.75, 3.05) is 0 Å². The third-order valence-electron chi connectivity index (χ3n) is 4.26. The number of hydrazone groups is 1. The summed E-state index contributed by atoms with van der Waals surface area (Å²) >= 11 is 1.76. The van der Waals surface area contributed by atoms with Gasteiger partial charge in [0.15, 0.2) is 6.23 Å². The van der Waals surface area contributed by atoms with Gasteiger partial charge in [0.2, 0.25) is 0 Å². The summed E-state index contributed by atoms with van der Waals surface area (Å²) in [5.74, 6) is 1.61. The van der Waals surface area contributed by atoms with E-state index in [1.54, 1.807) is 11.3 Å². The van der Waals surface area contributed by atoms with E-state index in [-0.39, 0.29) is 6.23 Å². The van der Waals surface area contributed by atoms with Gasteiger partial charge in [0.1, 0.15) is 5.75 Å². The van der Waals surface area contributed by atoms with E-state index in [9.17, 15) is 0 Å². The van der Waals surface area contributed by atoms with E-state index < -0.39 is 0 Å². The van der Waals surface area contributed by atoms with Crippen LogP contribution in [0.15, 0.2) is 46.9 Å². The van der Waals surface area contributed by atoms with Crippen molar-refractivity contribution < 1.29 is 4.74 Å². The van der Waals surface area contributed by atoms with Crippen molar-refractivity contribution in [3.05, 3.63) is 52.2 Å². The lowest BCUT2D eigenvalue weighted by molar-refractivity contribution is -0.0291. The molecule has 0 bridgehead atoms. The fourth-order valence-corrected chi connectivity index (χ4v) is 3.98. The van der Waals surface area contributed by atoms with E-state index in [4.69, 9.17) is 9.84 Å². The Hall–Kier alpha value is -1.81. The minimum Gasteiger partial charge on any atom is -0.469 e. The van der Waals surface area contributed by atoms with Crippen molar-refractivity contribution in [1.82, 2.24) is 5.01 Å². The molecule has 1 aromatic carbocycles. The van der Waals surface area contributed by atoms with Crippen LogP contribution in [-0.4, -0.2) is 16.9 Å². The number of hydrogen-bond donors (Lipinski definition) is 0. The highest BCUT2D eigenvalue weighted by Crippen LogP contribution is 2.44. The van der Waals surface area contributed by atoms with Crippen LogP contribution in [0.3, 0.4) is 0 Å². The molecule has 0 aliphatic carbocycles. The molecule has 2 aliphatic heterocycles. The summed E-state index contributed by atoms with van der Waals surface area (Å²) in [5.41, 5.74) is 2.45. The van der Waals surface area contributed by atoms with Gasteiger partial charge in [0.05, 0.1) is 16.6 Å². The fourth-order valence-electron chi connectivity index (χ4n) is 3.26. The van der Waals surface area contributed by atoms with Gasteiger partial charge in [0, 0.05) is 18.4 Å². The van der Waals surface area contributed by atoms with E-state index >= 15 is 0 Å². The zero-order valence-electron chi connectivity index (χ0n) is 12.9. The first-order valence-electron chi connectivity index (χ1n) is 7.87. The minimum absolute atomic E-state index is 0.0392. The number of nitrogens with zero attached hydrogens (tertiary/aromatic N) is 2. The van der Waals surface area contributed by atoms with Crippen LogP contribution in [-0.2, 0) is 0 Å². The Morgan fingerprint density at radius 2 is 2.14 bits per heavy atom. The molecule has 0 saturated carbocycles. The number of rotatable bonds is 3. The van der Waals surface area contributed by atoms with E-state index in [1.165, 1.54) is 16.2 Å². The lowest BCUT2D eigenvalue weighted by Crippen LogP contribution is -2.41. The highest BCUT2D eigenvalue weighted by atomic mass is 32.1. The van der Waals surface area contributed by atoms with Gasteiger partial charge in [-0.3, -0.25) is 5.01 Å². The molecular weight excluding hydrogens is 292 g/mol. The van der Waals surface area contributed by atoms with Gasteiger partial charge >= 0.3 is 0 Å². The Morgan fingerprint density at radius 1 is 1.27 bits per heavy atom. The number of para-hydroxylation sites is 1. The summed E-state index contributed by atoms with van der Waals surface area (Å²) in [5, 5.41) is 9.23. The van der Waals surface area contributed by atoms with Crippen molar-refractivity contribution >= 4 is 17.0 Å². The molecule has 0 fully saturated rings. The molecule has 4 heteroatoms. The van der Waals surface area contributed by atoms with Gasteiger partial charge in [-0.2, -0.15) is 5.10 Å². The normalized spacial score (nSPS) is 23.0. The van der Waals surface area contributed by atoms with Crippen LogP contribution in [0.1, 0.15) is 43.2 Å². The molecule has 0 amide bonds. The minimum atomic E-state index is 0.0392. The second-order valence-corrected chi connectivity index (χ2v) is 7.31. The van der Waals surface area contributed by atoms with Crippen molar-refractivity contribution in [2.45, 2.75) is 39.0 Å². The average Bonchev–Trinajstić information content (AvgIpc) is 3.16. The van der Waals surface area contributed by atoms with Crippen molar-refractivity contribution in [3.63, 3.8) is 0 Å². The maximum atomic E-state index is 6.24. The third kappa shape index (κ3) is 2.31. The monoisotopic (exact) mass is 312 g/mol. The SMILES string of the molecule is CC(C)C[C@@H]1Oc2ccccc2[C@H]2CC(c3cccs3)=NN12. The predicted molar refractivity (Wildman–Crippen MR) is 90.4 cm³/mol. The Morgan fingerprint density at radius 3 is 2.91 bits per heavy atom. The number of benzene rings is 1. The largest absolute Gasteiger partial charge is 0.469 e. The van der Waals surface area contributed by atoms with Crippen LogP contribution >= 0.6 is 11.3 Å². The van der Waals surface area contributed by atoms with Gasteiger partial charge in [-0.25, -0.2) is 0 Å². The summed E-state index contributed by atoms with van der Waals surface area (Å²) in [6, 6.07) is 13.0. The van der Waals surface area contributed by atoms with Crippen molar-refractivity contribution in [2.24, 2.45) is 11.0 Å². The molecule has 2 aromatic rings. The van der Waals surface area contributed by atoms with E-state index in [2.05, 4.69) is 60.6 Å². The molecule has 3 heterocycles. The molecule has 2 aliphatic rings. The zero-order valence-corrected chi connectivity index (χ0v) is 13.7. The van der Waals surface area contributed by atoms with Crippen LogP contribution in [0.5, 0.6) is 5.75 Å². The van der Waals surface area contributed by atoms with Gasteiger partial charge in [0.25, 0.3) is 0 Å². The molecule has 114 valence electrons. The predicted octanol–water partition coefficient (Wildman–Crippen LogP) is 4.66. The molecule has 22 heavy (non-hydrogen) atoms. The van der Waals surface area contributed by atoms with E-state index in [1.807, 2.05) is 0 Å². The number of hydrogen-bond acceptors (Lipinski definition) is 4. The van der Waals surface area contributed by atoms with Crippen LogP contribution in [0.2, 0.25) is 0 Å². The molecule has 0 saturated heterocycles. The molecule has 0 radical (unpaired) electrons. The molecule has 1 aromatic heterocycles. The Labute approximate surface area is 135 Å². The molecule has 0 unspecified atom stereocenters. The summed E-state index contributed by atoms with van der Waals surface area (Å²) < 4.78 is 6.24. The summed E-state index contributed by atoms with van der Waals surface area (Å²) in [6.45, 7) is 4.47. The molecule has 0 spiro atoms. The maximum Gasteiger partial charge on any atom is 0.188 e. The number of ether oxygens (including phenoxy) is 1. The smallest absolute Gasteiger partial charge is 0.188 e. The lowest BCUT2D eigenvalue weighted by atomic mass is 9.97. The third-order valence-corrected chi connectivity index (χ3v) is 5.18. The Bertz CT molecular complexity index is 693. The molecule has 2 atom stereocenters. The first-order chi connectivity index (χ1) is 10.7. The van der Waals surface area contributed by atoms with Crippen molar-refractivity contribution in [1.29, 1.82) is 0 Å². The zero-order chi connectivity index (χ0) is 15.1. The Kier molecular flexibility index (Phi) is 3.41. The van der Waals surface area contributed by atoms with Gasteiger partial charge in [-0.05, 0) is 23.4 Å². The lowest BCUT2D eigenvalue weighted by Gasteiger charge is -2.38. The highest BCUT2D eigenvalue weighted by Gasteiger charge is 2.40. The number of fused-ring (bicyclic) bond motifs is 3. The first kappa shape index (κ1) is 13.8. The highest BCUT2D eigenvalue weighted by molar-refractivity contribution is 7.12. The first-order valence-corrected chi connectivity index (χ1v) is 8.75. The molecule has 0 N–H and O–H groups in total. The van der Waals surface area contributed by atoms with Gasteiger partial charge in [-0.1, -0.05) is 38.1 Å². The standard InChI is InChI=1S/C18H20N2OS/c1-12(2)10-18-20-15(13-6-3-4-7-16(13)21-18)11-14(19-20)17-8-5-9-22-17/h3-9,12,15,18H,10-11H2,1-2H3/t15-,18+/m1/s1. The quantitative estimate of drug-likeness (QED) is 0.823. The van der Waals surface area contributed by atoms with E-state index in [0.717, 1.165) is 18.6 Å². The number of thiophene rings is 1. The maximum absolute atomic E-state index is 6.24. The summed E-state index contributed by atoms with van der Waals surface area (Å²) in [7, 11) is 0. The summed E-state index contributed by atoms with van der Waals surface area (Å²) in [4.78, 5) is 1.27. The molecular formula is C18H20N2OS. The summed E-state index contributed by atoms with van der Waals surface area (Å²) in [6.07, 6.45) is 2.00. The average molecular weight is 312 g/mol. The van der Waals surface area contributed by atoms with Gasteiger partial charge < -0.3 is 4.74 Å². The molecule has 4 rings (SSSR count).